The minimum atomic E-state index is -1.82. The normalized spacial score (nSPS) is 11.6. The fraction of sp³-hybridized carbons (Fsp3) is 0.412. The Morgan fingerprint density at radius 2 is 0.696 bits per heavy atom. The van der Waals surface area contributed by atoms with Crippen LogP contribution in [-0.2, 0) is 76.3 Å². The molecular formula is C34H42N4O18. The summed E-state index contributed by atoms with van der Waals surface area (Å²) in [5, 5.41) is 0. The summed E-state index contributed by atoms with van der Waals surface area (Å²) in [7, 11) is 0. The average Bonchev–Trinajstić information content (AvgIpc) is 3.10. The molecule has 0 spiro atoms. The SMILES string of the molecule is CC(=O)OCOC(=O)CN(CC(=O)OCOC(C)=O)C(Oc1ccccc1N)C(Oc1ccccc1N)N(CC(=O)OCOC(C)=O)CC(=O)OCOC(C)=O. The van der Waals surface area contributed by atoms with E-state index >= 15 is 0 Å². The Bertz CT molecular complexity index is 1500. The Hall–Kier alpha value is -6.68. The lowest BCUT2D eigenvalue weighted by Crippen LogP contribution is -2.61. The van der Waals surface area contributed by atoms with Crippen molar-refractivity contribution in [2.24, 2.45) is 0 Å². The first-order valence-corrected chi connectivity index (χ1v) is 16.2. The van der Waals surface area contributed by atoms with E-state index in [-0.39, 0.29) is 22.9 Å². The lowest BCUT2D eigenvalue weighted by atomic mass is 10.2. The highest BCUT2D eigenvalue weighted by Gasteiger charge is 2.41. The lowest BCUT2D eigenvalue weighted by molar-refractivity contribution is -0.185. The second kappa shape index (κ2) is 23.9. The van der Waals surface area contributed by atoms with E-state index in [4.69, 9.17) is 39.9 Å². The first kappa shape index (κ1) is 45.5. The third-order valence-electron chi connectivity index (χ3n) is 6.55. The molecule has 56 heavy (non-hydrogen) atoms. The molecule has 0 aliphatic heterocycles. The molecule has 2 unspecified atom stereocenters. The van der Waals surface area contributed by atoms with Crippen LogP contribution < -0.4 is 20.9 Å². The number of ether oxygens (including phenoxy) is 10. The molecule has 0 aromatic heterocycles. The predicted octanol–water partition coefficient (Wildman–Crippen LogP) is -0.180. The molecule has 2 rings (SSSR count). The third-order valence-corrected chi connectivity index (χ3v) is 6.55. The number of nitrogens with two attached hydrogens (primary N) is 2. The molecule has 22 heteroatoms. The van der Waals surface area contributed by atoms with Crippen LogP contribution in [0.5, 0.6) is 11.5 Å². The maximum atomic E-state index is 13.2. The second-order valence-electron chi connectivity index (χ2n) is 11.0. The van der Waals surface area contributed by atoms with Gasteiger partial charge in [0.1, 0.15) is 37.7 Å². The van der Waals surface area contributed by atoms with Crippen LogP contribution in [0, 0.1) is 0 Å². The molecule has 0 saturated heterocycles. The Balaban J connectivity index is 2.80. The van der Waals surface area contributed by atoms with E-state index in [1.165, 1.54) is 36.4 Å². The fourth-order valence-electron chi connectivity index (χ4n) is 4.09. The van der Waals surface area contributed by atoms with Crippen LogP contribution >= 0.6 is 0 Å². The Morgan fingerprint density at radius 3 is 0.929 bits per heavy atom. The number of hydrogen-bond acceptors (Lipinski definition) is 22. The van der Waals surface area contributed by atoms with Gasteiger partial charge >= 0.3 is 47.8 Å². The van der Waals surface area contributed by atoms with Crippen molar-refractivity contribution in [1.82, 2.24) is 9.80 Å². The van der Waals surface area contributed by atoms with Crippen LogP contribution in [0.3, 0.4) is 0 Å². The number of nitrogens with zero attached hydrogens (tertiary/aromatic N) is 2. The molecule has 0 saturated carbocycles. The molecule has 4 N–H and O–H groups in total. The summed E-state index contributed by atoms with van der Waals surface area (Å²) in [4.78, 5) is 99.9. The summed E-state index contributed by atoms with van der Waals surface area (Å²) in [6.07, 6.45) is -3.63. The molecule has 0 aliphatic carbocycles. The highest BCUT2D eigenvalue weighted by Crippen LogP contribution is 2.29. The number of hydrogen-bond donors (Lipinski definition) is 2. The number of benzene rings is 2. The van der Waals surface area contributed by atoms with E-state index < -0.39 is 114 Å². The van der Waals surface area contributed by atoms with Gasteiger partial charge in [-0.05, 0) is 24.3 Å². The zero-order chi connectivity index (χ0) is 41.6. The predicted molar refractivity (Wildman–Crippen MR) is 185 cm³/mol. The molecule has 0 radical (unpaired) electrons. The molecule has 0 fully saturated rings. The first-order chi connectivity index (χ1) is 26.5. The summed E-state index contributed by atoms with van der Waals surface area (Å²) in [5.41, 5.74) is 12.5. The highest BCUT2D eigenvalue weighted by molar-refractivity contribution is 5.77. The van der Waals surface area contributed by atoms with Crippen molar-refractivity contribution in [3.8, 4) is 11.5 Å². The molecule has 0 heterocycles. The van der Waals surface area contributed by atoms with Gasteiger partial charge in [-0.1, -0.05) is 24.3 Å². The van der Waals surface area contributed by atoms with Crippen LogP contribution in [0.4, 0.5) is 11.4 Å². The van der Waals surface area contributed by atoms with Crippen molar-refractivity contribution in [1.29, 1.82) is 0 Å². The maximum Gasteiger partial charge on any atom is 0.323 e. The van der Waals surface area contributed by atoms with Crippen LogP contribution in [0.2, 0.25) is 0 Å². The van der Waals surface area contributed by atoms with E-state index in [0.717, 1.165) is 37.5 Å². The van der Waals surface area contributed by atoms with Crippen molar-refractivity contribution in [3.63, 3.8) is 0 Å². The fourth-order valence-corrected chi connectivity index (χ4v) is 4.09. The Kier molecular flexibility index (Phi) is 19.4. The second-order valence-corrected chi connectivity index (χ2v) is 11.0. The van der Waals surface area contributed by atoms with Gasteiger partial charge in [-0.15, -0.1) is 0 Å². The van der Waals surface area contributed by atoms with Gasteiger partial charge in [0, 0.05) is 27.7 Å². The molecule has 22 nitrogen and oxygen atoms in total. The van der Waals surface area contributed by atoms with Crippen LogP contribution in [0.15, 0.2) is 48.5 Å². The van der Waals surface area contributed by atoms with Gasteiger partial charge in [0.25, 0.3) is 0 Å². The third kappa shape index (κ3) is 17.9. The molecule has 2 atom stereocenters. The van der Waals surface area contributed by atoms with Crippen molar-refractivity contribution >= 4 is 59.1 Å². The standard InChI is InChI=1S/C34H42N4O18/c1-21(39)47-17-51-29(43)13-37(14-30(44)52-18-48-22(2)40)33(55-27-11-7-5-9-25(27)35)34(56-28-12-8-6-10-26(28)36)38(15-31(45)53-19-49-23(3)41)16-32(46)54-20-50-24(4)42/h5-12,33-34H,13-20,35-36H2,1-4H3. The van der Waals surface area contributed by atoms with E-state index in [2.05, 4.69) is 18.9 Å². The number of nitrogen functional groups attached to an aromatic ring is 2. The van der Waals surface area contributed by atoms with E-state index in [1.54, 1.807) is 12.1 Å². The summed E-state index contributed by atoms with van der Waals surface area (Å²) in [6.45, 7) is -2.59. The van der Waals surface area contributed by atoms with Gasteiger partial charge in [-0.25, -0.2) is 9.80 Å². The Labute approximate surface area is 319 Å². The molecule has 0 amide bonds. The summed E-state index contributed by atoms with van der Waals surface area (Å²) < 4.78 is 51.3. The summed E-state index contributed by atoms with van der Waals surface area (Å²) in [6, 6.07) is 11.9. The topological polar surface area (TPSA) is 287 Å². The molecular weight excluding hydrogens is 752 g/mol. The molecule has 2 aromatic rings. The van der Waals surface area contributed by atoms with E-state index in [0.29, 0.717) is 0 Å². The van der Waals surface area contributed by atoms with Gasteiger partial charge in [-0.3, -0.25) is 38.4 Å². The average molecular weight is 795 g/mol. The maximum absolute atomic E-state index is 13.2. The van der Waals surface area contributed by atoms with Crippen molar-refractivity contribution < 1.29 is 85.7 Å². The monoisotopic (exact) mass is 794 g/mol. The first-order valence-electron chi connectivity index (χ1n) is 16.2. The van der Waals surface area contributed by atoms with Crippen LogP contribution in [-0.4, -0.2) is 123 Å². The van der Waals surface area contributed by atoms with Gasteiger partial charge < -0.3 is 58.8 Å². The van der Waals surface area contributed by atoms with Crippen LogP contribution in [0.25, 0.3) is 0 Å². The van der Waals surface area contributed by atoms with E-state index in [9.17, 15) is 38.4 Å². The van der Waals surface area contributed by atoms with Crippen molar-refractivity contribution in [2.45, 2.75) is 40.2 Å². The molecule has 2 aromatic carbocycles. The highest BCUT2D eigenvalue weighted by atomic mass is 16.7. The van der Waals surface area contributed by atoms with Crippen molar-refractivity contribution in [3.05, 3.63) is 48.5 Å². The van der Waals surface area contributed by atoms with E-state index in [1.807, 2.05) is 0 Å². The Morgan fingerprint density at radius 1 is 0.446 bits per heavy atom. The van der Waals surface area contributed by atoms with Crippen molar-refractivity contribution in [2.75, 3.05) is 64.8 Å². The van der Waals surface area contributed by atoms with Gasteiger partial charge in [-0.2, -0.15) is 0 Å². The van der Waals surface area contributed by atoms with Crippen LogP contribution in [0.1, 0.15) is 27.7 Å². The number of rotatable bonds is 23. The number of carbonyl (C=O) groups is 8. The summed E-state index contributed by atoms with van der Waals surface area (Å²) >= 11 is 0. The zero-order valence-corrected chi connectivity index (χ0v) is 30.8. The quantitative estimate of drug-likeness (QED) is 0.0638. The lowest BCUT2D eigenvalue weighted by Gasteiger charge is -2.40. The number of para-hydroxylation sites is 4. The molecule has 0 bridgehead atoms. The minimum Gasteiger partial charge on any atom is -0.467 e. The molecule has 0 aliphatic rings. The number of anilines is 2. The zero-order valence-electron chi connectivity index (χ0n) is 30.8. The number of esters is 8. The van der Waals surface area contributed by atoms with Gasteiger partial charge in [0.2, 0.25) is 39.6 Å². The summed E-state index contributed by atoms with van der Waals surface area (Å²) in [5.74, 6) is -7.73. The number of carbonyl (C=O) groups excluding carboxylic acids is 8. The molecule has 306 valence electrons. The van der Waals surface area contributed by atoms with Gasteiger partial charge in [0.15, 0.2) is 0 Å². The van der Waals surface area contributed by atoms with Gasteiger partial charge in [0.05, 0.1) is 11.4 Å². The minimum absolute atomic E-state index is 0.0263. The smallest absolute Gasteiger partial charge is 0.323 e. The largest absolute Gasteiger partial charge is 0.467 e.